The van der Waals surface area contributed by atoms with Crippen molar-refractivity contribution >= 4 is 18.0 Å². The molecule has 0 spiro atoms. The van der Waals surface area contributed by atoms with Gasteiger partial charge >= 0.3 is 24.1 Å². The van der Waals surface area contributed by atoms with Crippen LogP contribution in [0.25, 0.3) is 0 Å². The van der Waals surface area contributed by atoms with E-state index in [4.69, 9.17) is 9.47 Å². The average Bonchev–Trinajstić information content (AvgIpc) is 2.64. The van der Waals surface area contributed by atoms with Gasteiger partial charge < -0.3 is 20.1 Å². The third kappa shape index (κ3) is 4.81. The van der Waals surface area contributed by atoms with Gasteiger partial charge in [-0.1, -0.05) is 19.1 Å². The van der Waals surface area contributed by atoms with E-state index in [1.54, 1.807) is 13.8 Å². The predicted molar refractivity (Wildman–Crippen MR) is 91.1 cm³/mol. The van der Waals surface area contributed by atoms with Crippen LogP contribution in [0.5, 0.6) is 0 Å². The molecular weight excluding hydrogens is 381 g/mol. The number of benzene rings is 1. The Morgan fingerprint density at radius 3 is 2.39 bits per heavy atom. The molecule has 0 radical (unpaired) electrons. The van der Waals surface area contributed by atoms with Crippen LogP contribution in [-0.2, 0) is 20.4 Å². The Balaban J connectivity index is 2.28. The number of esters is 2. The number of carbonyl (C=O) groups excluding carboxylic acids is 3. The fourth-order valence-corrected chi connectivity index (χ4v) is 2.70. The molecule has 1 atom stereocenters. The molecule has 7 nitrogen and oxygen atoms in total. The first-order valence-corrected chi connectivity index (χ1v) is 8.50. The number of hydrogen-bond acceptors (Lipinski definition) is 5. The van der Waals surface area contributed by atoms with Gasteiger partial charge in [-0.15, -0.1) is 0 Å². The topological polar surface area (TPSA) is 93.7 Å². The Kier molecular flexibility index (Phi) is 6.66. The minimum Gasteiger partial charge on any atom is -0.463 e. The van der Waals surface area contributed by atoms with Gasteiger partial charge in [-0.3, -0.25) is 0 Å². The van der Waals surface area contributed by atoms with Crippen molar-refractivity contribution in [3.05, 3.63) is 46.7 Å². The predicted octanol–water partition coefficient (Wildman–Crippen LogP) is 2.77. The first-order chi connectivity index (χ1) is 13.2. The van der Waals surface area contributed by atoms with Gasteiger partial charge in [0.2, 0.25) is 0 Å². The maximum atomic E-state index is 13.1. The quantitative estimate of drug-likeness (QED) is 0.717. The van der Waals surface area contributed by atoms with Crippen molar-refractivity contribution in [3.8, 4) is 0 Å². The molecule has 0 saturated carbocycles. The van der Waals surface area contributed by atoms with Gasteiger partial charge in [0.1, 0.15) is 6.61 Å². The van der Waals surface area contributed by atoms with Crippen LogP contribution in [0.15, 0.2) is 35.5 Å². The van der Waals surface area contributed by atoms with Crippen LogP contribution in [0.4, 0.5) is 18.0 Å². The highest BCUT2D eigenvalue weighted by Gasteiger charge is 2.36. The lowest BCUT2D eigenvalue weighted by Crippen LogP contribution is -2.51. The maximum Gasteiger partial charge on any atom is 0.417 e. The first-order valence-electron chi connectivity index (χ1n) is 8.50. The van der Waals surface area contributed by atoms with Crippen LogP contribution in [-0.4, -0.2) is 37.2 Å². The number of alkyl halides is 3. The van der Waals surface area contributed by atoms with Crippen molar-refractivity contribution in [1.29, 1.82) is 0 Å². The van der Waals surface area contributed by atoms with Crippen molar-refractivity contribution in [2.75, 3.05) is 13.2 Å². The monoisotopic (exact) mass is 400 g/mol. The van der Waals surface area contributed by atoms with E-state index in [1.807, 2.05) is 0 Å². The smallest absolute Gasteiger partial charge is 0.417 e. The van der Waals surface area contributed by atoms with Crippen molar-refractivity contribution in [2.24, 2.45) is 0 Å². The van der Waals surface area contributed by atoms with E-state index in [0.717, 1.165) is 18.2 Å². The second-order valence-corrected chi connectivity index (χ2v) is 5.79. The third-order valence-corrected chi connectivity index (χ3v) is 3.95. The number of halogens is 3. The number of nitrogens with one attached hydrogen (secondary N) is 2. The lowest BCUT2D eigenvalue weighted by atomic mass is 10.0. The summed E-state index contributed by atoms with van der Waals surface area (Å²) in [4.78, 5) is 36.2. The summed E-state index contributed by atoms with van der Waals surface area (Å²) in [5, 5.41) is 4.89. The molecule has 0 fully saturated rings. The minimum atomic E-state index is -4.73. The van der Waals surface area contributed by atoms with E-state index in [9.17, 15) is 27.6 Å². The lowest BCUT2D eigenvalue weighted by molar-refractivity contribution is -0.139. The molecule has 2 rings (SSSR count). The zero-order chi connectivity index (χ0) is 20.9. The zero-order valence-corrected chi connectivity index (χ0v) is 15.2. The number of carbonyl (C=O) groups is 3. The van der Waals surface area contributed by atoms with Crippen LogP contribution in [0.2, 0.25) is 0 Å². The van der Waals surface area contributed by atoms with Gasteiger partial charge in [0.15, 0.2) is 0 Å². The molecule has 1 heterocycles. The molecule has 1 aromatic carbocycles. The average molecular weight is 400 g/mol. The van der Waals surface area contributed by atoms with Crippen LogP contribution < -0.4 is 10.6 Å². The van der Waals surface area contributed by atoms with E-state index >= 15 is 0 Å². The fourth-order valence-electron chi connectivity index (χ4n) is 2.70. The van der Waals surface area contributed by atoms with Crippen LogP contribution in [0.3, 0.4) is 0 Å². The standard InChI is InChI=1S/C18H19F3N2O5/c1-3-12-14(16(25)27-4-2)13(23-17(26)22-12)9-28-15(24)10-7-5-6-8-11(10)18(19,20)21/h5-8,12H,3-4,9H2,1-2H3,(H2,22,23,26)/t12-/m0/s1. The Morgan fingerprint density at radius 1 is 1.11 bits per heavy atom. The zero-order valence-electron chi connectivity index (χ0n) is 15.2. The summed E-state index contributed by atoms with van der Waals surface area (Å²) in [7, 11) is 0. The van der Waals surface area contributed by atoms with Gasteiger partial charge in [0.05, 0.1) is 35.0 Å². The summed E-state index contributed by atoms with van der Waals surface area (Å²) in [5.41, 5.74) is -1.78. The normalized spacial score (nSPS) is 16.9. The summed E-state index contributed by atoms with van der Waals surface area (Å²) in [5.74, 6) is -1.95. The van der Waals surface area contributed by atoms with Crippen LogP contribution in [0, 0.1) is 0 Å². The third-order valence-electron chi connectivity index (χ3n) is 3.95. The maximum absolute atomic E-state index is 13.1. The second kappa shape index (κ2) is 8.77. The highest BCUT2D eigenvalue weighted by atomic mass is 19.4. The van der Waals surface area contributed by atoms with Crippen molar-refractivity contribution in [1.82, 2.24) is 10.6 Å². The molecule has 2 amide bonds. The first kappa shape index (κ1) is 21.3. The Labute approximate surface area is 158 Å². The fraction of sp³-hybridized carbons (Fsp3) is 0.389. The van der Waals surface area contributed by atoms with Gasteiger partial charge in [-0.2, -0.15) is 13.2 Å². The molecule has 152 valence electrons. The molecule has 0 aromatic heterocycles. The summed E-state index contributed by atoms with van der Waals surface area (Å²) in [6.07, 6.45) is -4.38. The largest absolute Gasteiger partial charge is 0.463 e. The summed E-state index contributed by atoms with van der Waals surface area (Å²) in [6.45, 7) is 2.81. The lowest BCUT2D eigenvalue weighted by Gasteiger charge is -2.28. The van der Waals surface area contributed by atoms with Gasteiger partial charge in [0.25, 0.3) is 0 Å². The van der Waals surface area contributed by atoms with Crippen molar-refractivity contribution in [2.45, 2.75) is 32.5 Å². The summed E-state index contributed by atoms with van der Waals surface area (Å²) < 4.78 is 49.1. The molecule has 0 saturated heterocycles. The molecule has 28 heavy (non-hydrogen) atoms. The number of hydrogen-bond donors (Lipinski definition) is 2. The second-order valence-electron chi connectivity index (χ2n) is 5.79. The van der Waals surface area contributed by atoms with Crippen molar-refractivity contribution < 1.29 is 37.0 Å². The van der Waals surface area contributed by atoms with Gasteiger partial charge in [-0.25, -0.2) is 14.4 Å². The Hall–Kier alpha value is -3.04. The number of urea groups is 1. The van der Waals surface area contributed by atoms with E-state index < -0.39 is 47.9 Å². The molecule has 1 aliphatic heterocycles. The van der Waals surface area contributed by atoms with Gasteiger partial charge in [-0.05, 0) is 25.5 Å². The molecule has 1 aliphatic rings. The molecule has 0 bridgehead atoms. The molecule has 10 heteroatoms. The molecule has 0 aliphatic carbocycles. The summed E-state index contributed by atoms with van der Waals surface area (Å²) >= 11 is 0. The van der Waals surface area contributed by atoms with Gasteiger partial charge in [0, 0.05) is 0 Å². The molecule has 0 unspecified atom stereocenters. The Bertz CT molecular complexity index is 805. The highest BCUT2D eigenvalue weighted by Crippen LogP contribution is 2.32. The number of rotatable bonds is 6. The number of amides is 2. The minimum absolute atomic E-state index is 0.0353. The van der Waals surface area contributed by atoms with Crippen molar-refractivity contribution in [3.63, 3.8) is 0 Å². The van der Waals surface area contributed by atoms with Crippen LogP contribution in [0.1, 0.15) is 36.2 Å². The van der Waals surface area contributed by atoms with Crippen LogP contribution >= 0.6 is 0 Å². The van der Waals surface area contributed by atoms with E-state index in [-0.39, 0.29) is 17.9 Å². The summed E-state index contributed by atoms with van der Waals surface area (Å²) in [6, 6.07) is 2.88. The number of ether oxygens (including phenoxy) is 2. The Morgan fingerprint density at radius 2 is 1.79 bits per heavy atom. The van der Waals surface area contributed by atoms with E-state index in [1.165, 1.54) is 6.07 Å². The molecule has 2 N–H and O–H groups in total. The van der Waals surface area contributed by atoms with E-state index in [2.05, 4.69) is 10.6 Å². The molecular formula is C18H19F3N2O5. The molecule has 1 aromatic rings. The highest BCUT2D eigenvalue weighted by molar-refractivity contribution is 5.95. The van der Waals surface area contributed by atoms with E-state index in [0.29, 0.717) is 6.42 Å². The SMILES string of the molecule is CCOC(=O)C1=C(COC(=O)c2ccccc2C(F)(F)F)NC(=O)N[C@H]1CC.